The van der Waals surface area contributed by atoms with Crippen LogP contribution in [0.3, 0.4) is 0 Å². The molecule has 0 atom stereocenters. The molecular formula is C14H19N3. The predicted octanol–water partition coefficient (Wildman–Crippen LogP) is 2.27. The van der Waals surface area contributed by atoms with Gasteiger partial charge in [0.15, 0.2) is 0 Å². The third-order valence-electron chi connectivity index (χ3n) is 3.04. The van der Waals surface area contributed by atoms with Crippen molar-refractivity contribution >= 4 is 0 Å². The van der Waals surface area contributed by atoms with E-state index in [1.165, 1.54) is 16.7 Å². The molecule has 0 unspecified atom stereocenters. The fraction of sp³-hybridized carbons (Fsp3) is 0.357. The summed E-state index contributed by atoms with van der Waals surface area (Å²) in [7, 11) is 0. The predicted molar refractivity (Wildman–Crippen MR) is 69.8 cm³/mol. The maximum Gasteiger partial charge on any atom is 0.120 e. The molecule has 0 fully saturated rings. The first-order valence-corrected chi connectivity index (χ1v) is 5.98. The van der Waals surface area contributed by atoms with Gasteiger partial charge >= 0.3 is 0 Å². The van der Waals surface area contributed by atoms with Crippen LogP contribution < -0.4 is 5.73 Å². The smallest absolute Gasteiger partial charge is 0.120 e. The lowest BCUT2D eigenvalue weighted by atomic mass is 10.0. The van der Waals surface area contributed by atoms with Crippen molar-refractivity contribution < 1.29 is 0 Å². The molecule has 0 aliphatic carbocycles. The molecule has 0 radical (unpaired) electrons. The molecule has 1 heterocycles. The van der Waals surface area contributed by atoms with E-state index in [9.17, 15) is 0 Å². The molecule has 2 rings (SSSR count). The van der Waals surface area contributed by atoms with Crippen LogP contribution in [0.1, 0.15) is 28.2 Å². The molecule has 0 spiro atoms. The Hall–Kier alpha value is -1.61. The van der Waals surface area contributed by atoms with Gasteiger partial charge in [0.2, 0.25) is 0 Å². The number of nitrogens with zero attached hydrogens (tertiary/aromatic N) is 1. The van der Waals surface area contributed by atoms with Crippen molar-refractivity contribution in [1.29, 1.82) is 0 Å². The van der Waals surface area contributed by atoms with Gasteiger partial charge in [-0.1, -0.05) is 23.8 Å². The molecule has 90 valence electrons. The first kappa shape index (κ1) is 11.9. The number of aromatic amines is 1. The third-order valence-corrected chi connectivity index (χ3v) is 3.04. The van der Waals surface area contributed by atoms with Crippen LogP contribution in [0.4, 0.5) is 0 Å². The molecule has 0 amide bonds. The Morgan fingerprint density at radius 1 is 1.24 bits per heavy atom. The van der Waals surface area contributed by atoms with Crippen LogP contribution in [0.5, 0.6) is 0 Å². The van der Waals surface area contributed by atoms with Crippen molar-refractivity contribution in [3.63, 3.8) is 0 Å². The van der Waals surface area contributed by atoms with Gasteiger partial charge in [0.25, 0.3) is 0 Å². The minimum Gasteiger partial charge on any atom is -0.345 e. The number of aromatic nitrogens is 2. The van der Waals surface area contributed by atoms with Crippen LogP contribution in [0.25, 0.3) is 0 Å². The normalized spacial score (nSPS) is 10.8. The number of hydrogen-bond donors (Lipinski definition) is 2. The van der Waals surface area contributed by atoms with E-state index in [4.69, 9.17) is 5.73 Å². The Bertz CT molecular complexity index is 500. The zero-order chi connectivity index (χ0) is 12.3. The minimum atomic E-state index is 0.476. The molecule has 0 aliphatic rings. The molecule has 0 aliphatic heterocycles. The lowest BCUT2D eigenvalue weighted by Crippen LogP contribution is -1.99. The van der Waals surface area contributed by atoms with Crippen LogP contribution in [-0.2, 0) is 19.4 Å². The first-order valence-electron chi connectivity index (χ1n) is 5.98. The van der Waals surface area contributed by atoms with Gasteiger partial charge in [-0.15, -0.1) is 0 Å². The van der Waals surface area contributed by atoms with E-state index >= 15 is 0 Å². The van der Waals surface area contributed by atoms with Gasteiger partial charge < -0.3 is 10.7 Å². The SMILES string of the molecule is Cc1ccc(CCc2cnc(CN)[nH]2)c(C)c1. The molecule has 1 aromatic heterocycles. The lowest BCUT2D eigenvalue weighted by molar-refractivity contribution is 0.890. The number of benzene rings is 1. The van der Waals surface area contributed by atoms with Gasteiger partial charge in [-0.3, -0.25) is 0 Å². The summed E-state index contributed by atoms with van der Waals surface area (Å²) >= 11 is 0. The van der Waals surface area contributed by atoms with Gasteiger partial charge in [0.05, 0.1) is 6.54 Å². The number of rotatable bonds is 4. The second-order valence-corrected chi connectivity index (χ2v) is 4.49. The van der Waals surface area contributed by atoms with Crippen LogP contribution in [0.2, 0.25) is 0 Å². The summed E-state index contributed by atoms with van der Waals surface area (Å²) in [5.41, 5.74) is 10.8. The maximum absolute atomic E-state index is 5.52. The molecule has 3 nitrogen and oxygen atoms in total. The van der Waals surface area contributed by atoms with Crippen molar-refractivity contribution in [3.05, 3.63) is 52.6 Å². The third kappa shape index (κ3) is 2.94. The number of aryl methyl sites for hydroxylation is 4. The highest BCUT2D eigenvalue weighted by atomic mass is 14.9. The second kappa shape index (κ2) is 5.15. The first-order chi connectivity index (χ1) is 8.19. The Morgan fingerprint density at radius 2 is 2.06 bits per heavy atom. The average Bonchev–Trinajstić information content (AvgIpc) is 2.76. The van der Waals surface area contributed by atoms with Gasteiger partial charge in [-0.25, -0.2) is 4.98 Å². The van der Waals surface area contributed by atoms with Crippen molar-refractivity contribution in [2.45, 2.75) is 33.2 Å². The molecule has 3 heteroatoms. The van der Waals surface area contributed by atoms with Crippen molar-refractivity contribution in [1.82, 2.24) is 9.97 Å². The molecular weight excluding hydrogens is 210 g/mol. The van der Waals surface area contributed by atoms with E-state index in [-0.39, 0.29) is 0 Å². The summed E-state index contributed by atoms with van der Waals surface area (Å²) in [5.74, 6) is 0.862. The monoisotopic (exact) mass is 229 g/mol. The van der Waals surface area contributed by atoms with E-state index in [1.54, 1.807) is 0 Å². The van der Waals surface area contributed by atoms with Crippen molar-refractivity contribution in [3.8, 4) is 0 Å². The van der Waals surface area contributed by atoms with Gasteiger partial charge in [0.1, 0.15) is 5.82 Å². The molecule has 1 aromatic carbocycles. The van der Waals surface area contributed by atoms with Gasteiger partial charge in [0, 0.05) is 11.9 Å². The van der Waals surface area contributed by atoms with Crippen molar-refractivity contribution in [2.24, 2.45) is 5.73 Å². The fourth-order valence-corrected chi connectivity index (χ4v) is 2.03. The summed E-state index contributed by atoms with van der Waals surface area (Å²) in [6.07, 6.45) is 3.90. The van der Waals surface area contributed by atoms with Gasteiger partial charge in [-0.2, -0.15) is 0 Å². The second-order valence-electron chi connectivity index (χ2n) is 4.49. The Labute approximate surface area is 102 Å². The zero-order valence-corrected chi connectivity index (χ0v) is 10.5. The molecule has 0 saturated heterocycles. The highest BCUT2D eigenvalue weighted by molar-refractivity contribution is 5.30. The standard InChI is InChI=1S/C14H19N3/c1-10-3-4-12(11(2)7-10)5-6-13-9-16-14(8-15)17-13/h3-4,7,9H,5-6,8,15H2,1-2H3,(H,16,17). The highest BCUT2D eigenvalue weighted by Gasteiger charge is 2.02. The van der Waals surface area contributed by atoms with E-state index in [2.05, 4.69) is 42.0 Å². The van der Waals surface area contributed by atoms with E-state index in [0.717, 1.165) is 24.4 Å². The van der Waals surface area contributed by atoms with E-state index in [1.807, 2.05) is 6.20 Å². The van der Waals surface area contributed by atoms with Crippen LogP contribution >= 0.6 is 0 Å². The van der Waals surface area contributed by atoms with Gasteiger partial charge in [-0.05, 0) is 37.8 Å². The number of nitrogens with two attached hydrogens (primary N) is 1. The number of H-pyrrole nitrogens is 1. The summed E-state index contributed by atoms with van der Waals surface area (Å²) in [6.45, 7) is 4.77. The quantitative estimate of drug-likeness (QED) is 0.845. The molecule has 2 aromatic rings. The maximum atomic E-state index is 5.52. The largest absolute Gasteiger partial charge is 0.345 e. The van der Waals surface area contributed by atoms with Crippen LogP contribution in [0, 0.1) is 13.8 Å². The van der Waals surface area contributed by atoms with Crippen LogP contribution in [-0.4, -0.2) is 9.97 Å². The fourth-order valence-electron chi connectivity index (χ4n) is 2.03. The van der Waals surface area contributed by atoms with E-state index in [0.29, 0.717) is 6.54 Å². The summed E-state index contributed by atoms with van der Waals surface area (Å²) in [6, 6.07) is 6.61. The number of nitrogens with one attached hydrogen (secondary N) is 1. The average molecular weight is 229 g/mol. The zero-order valence-electron chi connectivity index (χ0n) is 10.5. The summed E-state index contributed by atoms with van der Waals surface area (Å²) in [5, 5.41) is 0. The van der Waals surface area contributed by atoms with E-state index < -0.39 is 0 Å². The summed E-state index contributed by atoms with van der Waals surface area (Å²) < 4.78 is 0. The van der Waals surface area contributed by atoms with Crippen molar-refractivity contribution in [2.75, 3.05) is 0 Å². The Kier molecular flexibility index (Phi) is 3.59. The molecule has 17 heavy (non-hydrogen) atoms. The Balaban J connectivity index is 2.02. The molecule has 3 N–H and O–H groups in total. The summed E-state index contributed by atoms with van der Waals surface area (Å²) in [4.78, 5) is 7.43. The highest BCUT2D eigenvalue weighted by Crippen LogP contribution is 2.13. The Morgan fingerprint density at radius 3 is 2.71 bits per heavy atom. The number of imidazole rings is 1. The van der Waals surface area contributed by atoms with Crippen LogP contribution in [0.15, 0.2) is 24.4 Å². The lowest BCUT2D eigenvalue weighted by Gasteiger charge is -2.05. The topological polar surface area (TPSA) is 54.7 Å². The molecule has 0 bridgehead atoms. The minimum absolute atomic E-state index is 0.476. The molecule has 0 saturated carbocycles. The number of hydrogen-bond acceptors (Lipinski definition) is 2.